The fourth-order valence-corrected chi connectivity index (χ4v) is 7.62. The van der Waals surface area contributed by atoms with Crippen LogP contribution in [0.5, 0.6) is 0 Å². The maximum absolute atomic E-state index is 12.9. The molecule has 1 saturated carbocycles. The van der Waals surface area contributed by atoms with Gasteiger partial charge in [-0.3, -0.25) is 4.98 Å². The zero-order valence-corrected chi connectivity index (χ0v) is 26.7. The summed E-state index contributed by atoms with van der Waals surface area (Å²) in [7, 11) is -0.722. The highest BCUT2D eigenvalue weighted by Gasteiger charge is 2.87. The zero-order valence-electron chi connectivity index (χ0n) is 26.7. The Labute approximate surface area is 269 Å². The van der Waals surface area contributed by atoms with Gasteiger partial charge in [0.1, 0.15) is 11.5 Å². The van der Waals surface area contributed by atoms with Gasteiger partial charge in [0.25, 0.3) is 0 Å². The van der Waals surface area contributed by atoms with Crippen LogP contribution in [0.25, 0.3) is 11.5 Å². The SMILES string of the molecule is Cc1ccc(NC(=O)N2CC[C@@H](CC(F)(F)F)C2)cc1B1OC2(C)C(C)(O1)C2(C)c1cc(-c2c[nH]c(=O)o2)nc(N2CCOCC2)c1. The molecule has 4 fully saturated rings. The number of aryl methyl sites for hydroxylation is 1. The maximum Gasteiger partial charge on any atom is 0.495 e. The number of carbonyl (C=O) groups is 1. The van der Waals surface area contributed by atoms with Crippen molar-refractivity contribution < 1.29 is 36.4 Å². The molecule has 0 spiro atoms. The molecule has 47 heavy (non-hydrogen) atoms. The largest absolute Gasteiger partial charge is 0.495 e. The molecule has 1 aliphatic carbocycles. The number of H-pyrrole nitrogens is 1. The summed E-state index contributed by atoms with van der Waals surface area (Å²) in [5, 5.41) is 2.84. The molecule has 3 atom stereocenters. The number of anilines is 2. The molecule has 2 unspecified atom stereocenters. The molecule has 7 rings (SSSR count). The Morgan fingerprint density at radius 3 is 2.49 bits per heavy atom. The third-order valence-electron chi connectivity index (χ3n) is 10.8. The third-order valence-corrected chi connectivity index (χ3v) is 10.8. The number of ether oxygens (including phenoxy) is 1. The van der Waals surface area contributed by atoms with Crippen LogP contribution < -0.4 is 21.4 Å². The molecule has 5 heterocycles. The van der Waals surface area contributed by atoms with Crippen LogP contribution in [0, 0.1) is 12.8 Å². The minimum absolute atomic E-state index is 0.0639. The van der Waals surface area contributed by atoms with Crippen LogP contribution in [0.1, 0.15) is 44.7 Å². The number of fused-ring (bicyclic) bond motifs is 1. The van der Waals surface area contributed by atoms with E-state index in [9.17, 15) is 22.8 Å². The van der Waals surface area contributed by atoms with Crippen LogP contribution in [0.2, 0.25) is 0 Å². The molecule has 15 heteroatoms. The number of urea groups is 1. The van der Waals surface area contributed by atoms with Crippen LogP contribution in [0.3, 0.4) is 0 Å². The Morgan fingerprint density at radius 1 is 1.11 bits per heavy atom. The molecule has 1 aromatic carbocycles. The summed E-state index contributed by atoms with van der Waals surface area (Å²) in [5.74, 6) is -0.0974. The molecule has 2 amide bonds. The molecule has 0 radical (unpaired) electrons. The van der Waals surface area contributed by atoms with Gasteiger partial charge in [0, 0.05) is 38.3 Å². The summed E-state index contributed by atoms with van der Waals surface area (Å²) < 4.78 is 63.0. The quantitative estimate of drug-likeness (QED) is 0.379. The van der Waals surface area contributed by atoms with Crippen LogP contribution >= 0.6 is 0 Å². The summed E-state index contributed by atoms with van der Waals surface area (Å²) in [6.07, 6.45) is -3.33. The van der Waals surface area contributed by atoms with E-state index < -0.39 is 54.0 Å². The number of amides is 2. The number of halogens is 3. The zero-order chi connectivity index (χ0) is 33.4. The van der Waals surface area contributed by atoms with E-state index in [4.69, 9.17) is 23.4 Å². The van der Waals surface area contributed by atoms with Crippen molar-refractivity contribution in [2.24, 2.45) is 5.92 Å². The van der Waals surface area contributed by atoms with E-state index in [0.29, 0.717) is 49.9 Å². The summed E-state index contributed by atoms with van der Waals surface area (Å²) in [6, 6.07) is 8.92. The fourth-order valence-electron chi connectivity index (χ4n) is 7.62. The highest BCUT2D eigenvalue weighted by molar-refractivity contribution is 6.63. The lowest BCUT2D eigenvalue weighted by Crippen LogP contribution is -2.43. The van der Waals surface area contributed by atoms with Gasteiger partial charge >= 0.3 is 25.1 Å². The van der Waals surface area contributed by atoms with Crippen LogP contribution in [-0.2, 0) is 19.5 Å². The normalized spacial score (nSPS) is 28.9. The van der Waals surface area contributed by atoms with Gasteiger partial charge in [-0.15, -0.1) is 0 Å². The second-order valence-electron chi connectivity index (χ2n) is 13.4. The molecule has 2 aromatic heterocycles. The van der Waals surface area contributed by atoms with E-state index in [-0.39, 0.29) is 13.1 Å². The molecule has 3 aromatic rings. The Kier molecular flexibility index (Phi) is 7.52. The van der Waals surface area contributed by atoms with E-state index in [2.05, 4.69) is 22.1 Å². The number of nitrogens with one attached hydrogen (secondary N) is 2. The molecule has 0 bridgehead atoms. The highest BCUT2D eigenvalue weighted by atomic mass is 19.4. The van der Waals surface area contributed by atoms with Crippen LogP contribution in [0.15, 0.2) is 45.7 Å². The maximum atomic E-state index is 12.9. The average Bonchev–Trinajstić information content (AvgIpc) is 3.62. The predicted octanol–water partition coefficient (Wildman–Crippen LogP) is 4.21. The van der Waals surface area contributed by atoms with Crippen molar-refractivity contribution in [2.75, 3.05) is 49.6 Å². The highest BCUT2D eigenvalue weighted by Crippen LogP contribution is 2.73. The minimum atomic E-state index is -4.25. The van der Waals surface area contributed by atoms with E-state index in [1.165, 1.54) is 11.1 Å². The van der Waals surface area contributed by atoms with Gasteiger partial charge in [-0.1, -0.05) is 11.6 Å². The van der Waals surface area contributed by atoms with Gasteiger partial charge < -0.3 is 33.6 Å². The fraction of sp³-hybridized carbons (Fsp3) is 0.531. The molecular weight excluding hydrogens is 618 g/mol. The van der Waals surface area contributed by atoms with Crippen molar-refractivity contribution >= 4 is 30.1 Å². The minimum Gasteiger partial charge on any atom is -0.406 e. The molecule has 11 nitrogen and oxygen atoms in total. The van der Waals surface area contributed by atoms with Gasteiger partial charge in [0.2, 0.25) is 0 Å². The number of benzene rings is 1. The first kappa shape index (κ1) is 31.8. The van der Waals surface area contributed by atoms with E-state index >= 15 is 0 Å². The Hall–Kier alpha value is -3.82. The first-order valence-corrected chi connectivity index (χ1v) is 15.8. The monoisotopic (exact) mass is 655 g/mol. The number of pyridine rings is 1. The standard InChI is InChI=1S/C32H37BF3N5O6/c1-19-5-6-22(38-27(42)41-8-7-20(18-41)16-32(34,35)36)15-23(19)33-46-30(3)29(2,31(30,4)47-33)21-13-24(25-17-37-28(43)45-25)39-26(14-21)40-9-11-44-12-10-40/h5-6,13-15,17,20H,7-12,16,18H2,1-4H3,(H,37,43)(H,38,42)/t20-,29?,30?,31?/m0/s1. The smallest absolute Gasteiger partial charge is 0.406 e. The summed E-state index contributed by atoms with van der Waals surface area (Å²) >= 11 is 0. The van der Waals surface area contributed by atoms with E-state index in [0.717, 1.165) is 22.4 Å². The third kappa shape index (κ3) is 5.32. The number of carbonyl (C=O) groups excluding carboxylic acids is 1. The first-order valence-electron chi connectivity index (χ1n) is 15.8. The van der Waals surface area contributed by atoms with E-state index in [1.807, 2.05) is 39.0 Å². The van der Waals surface area contributed by atoms with E-state index in [1.54, 1.807) is 12.1 Å². The molecule has 3 aliphatic heterocycles. The first-order chi connectivity index (χ1) is 22.2. The lowest BCUT2D eigenvalue weighted by atomic mass is 9.74. The molecule has 250 valence electrons. The number of morpholine rings is 1. The van der Waals surface area contributed by atoms with Crippen molar-refractivity contribution in [3.05, 3.63) is 58.2 Å². The number of rotatable bonds is 6. The van der Waals surface area contributed by atoms with Crippen molar-refractivity contribution in [1.82, 2.24) is 14.9 Å². The predicted molar refractivity (Wildman–Crippen MR) is 168 cm³/mol. The second kappa shape index (κ2) is 11.1. The Bertz CT molecular complexity index is 1740. The summed E-state index contributed by atoms with van der Waals surface area (Å²) in [6.45, 7) is 10.9. The topological polar surface area (TPSA) is 122 Å². The van der Waals surface area contributed by atoms with Gasteiger partial charge in [0.15, 0.2) is 5.76 Å². The number of aromatic nitrogens is 2. The Morgan fingerprint density at radius 2 is 1.83 bits per heavy atom. The van der Waals surface area contributed by atoms with Gasteiger partial charge in [-0.25, -0.2) is 14.6 Å². The van der Waals surface area contributed by atoms with Crippen molar-refractivity contribution in [2.45, 2.75) is 63.3 Å². The van der Waals surface area contributed by atoms with Gasteiger partial charge in [-0.2, -0.15) is 13.2 Å². The number of likely N-dealkylation sites (tertiary alicyclic amines) is 1. The number of oxazole rings is 1. The number of alkyl halides is 3. The van der Waals surface area contributed by atoms with Crippen molar-refractivity contribution in [3.8, 4) is 11.5 Å². The van der Waals surface area contributed by atoms with Crippen LogP contribution in [0.4, 0.5) is 29.5 Å². The number of hydrogen-bond donors (Lipinski definition) is 2. The lowest BCUT2D eigenvalue weighted by molar-refractivity contribution is -0.143. The van der Waals surface area contributed by atoms with Gasteiger partial charge in [-0.05, 0) is 75.3 Å². The van der Waals surface area contributed by atoms with Crippen LogP contribution in [-0.4, -0.2) is 84.8 Å². The average molecular weight is 655 g/mol. The summed E-state index contributed by atoms with van der Waals surface area (Å²) in [5.41, 5.74) is 1.48. The van der Waals surface area contributed by atoms with Crippen molar-refractivity contribution in [1.29, 1.82) is 0 Å². The van der Waals surface area contributed by atoms with Gasteiger partial charge in [0.05, 0.1) is 36.0 Å². The number of nitrogens with zero attached hydrogens (tertiary/aromatic N) is 3. The van der Waals surface area contributed by atoms with Crippen molar-refractivity contribution in [3.63, 3.8) is 0 Å². The molecular formula is C32H37BF3N5O6. The second-order valence-corrected chi connectivity index (χ2v) is 13.4. The number of aromatic amines is 1. The lowest BCUT2D eigenvalue weighted by Gasteiger charge is -2.30. The summed E-state index contributed by atoms with van der Waals surface area (Å²) in [4.78, 5) is 35.7. The molecule has 3 saturated heterocycles. The number of hydrogen-bond acceptors (Lipinski definition) is 8. The molecule has 4 aliphatic rings. The molecule has 2 N–H and O–H groups in total. The Balaban J connectivity index is 1.11.